The van der Waals surface area contributed by atoms with Crippen molar-refractivity contribution in [1.29, 1.82) is 0 Å². The molecule has 1 amide bonds. The molecule has 0 radical (unpaired) electrons. The summed E-state index contributed by atoms with van der Waals surface area (Å²) in [6.07, 6.45) is 4.08. The Labute approximate surface area is 186 Å². The number of nitrogens with two attached hydrogens (primary N) is 1. The highest BCUT2D eigenvalue weighted by atomic mass is 35.5. The van der Waals surface area contributed by atoms with Crippen LogP contribution in [-0.4, -0.2) is 50.8 Å². The van der Waals surface area contributed by atoms with Gasteiger partial charge in [0.2, 0.25) is 11.7 Å². The lowest BCUT2D eigenvalue weighted by Crippen LogP contribution is -2.27. The summed E-state index contributed by atoms with van der Waals surface area (Å²) in [5, 5.41) is 5.16. The number of hydrogen-bond acceptors (Lipinski definition) is 6. The van der Waals surface area contributed by atoms with Crippen LogP contribution in [0.5, 0.6) is 5.88 Å². The molecular formula is C21H17ClF2N6O2. The maximum absolute atomic E-state index is 14.4. The molecule has 32 heavy (non-hydrogen) atoms. The largest absolute Gasteiger partial charge is 0.479 e. The molecule has 0 aliphatic carbocycles. The van der Waals surface area contributed by atoms with Crippen molar-refractivity contribution in [2.45, 2.75) is 12.5 Å². The molecule has 1 saturated heterocycles. The average Bonchev–Trinajstić information content (AvgIpc) is 3.41. The van der Waals surface area contributed by atoms with Gasteiger partial charge in [-0.05, 0) is 18.4 Å². The fraction of sp³-hybridized carbons (Fsp3) is 0.238. The molecular weight excluding hydrogens is 442 g/mol. The van der Waals surface area contributed by atoms with Crippen LogP contribution in [0.2, 0.25) is 5.02 Å². The van der Waals surface area contributed by atoms with Gasteiger partial charge in [0, 0.05) is 13.1 Å². The number of rotatable bonds is 3. The molecule has 164 valence electrons. The van der Waals surface area contributed by atoms with E-state index >= 15 is 0 Å². The lowest BCUT2D eigenvalue weighted by atomic mass is 10.2. The predicted molar refractivity (Wildman–Crippen MR) is 114 cm³/mol. The Morgan fingerprint density at radius 2 is 2.16 bits per heavy atom. The zero-order chi connectivity index (χ0) is 23.0. The van der Waals surface area contributed by atoms with Crippen LogP contribution in [0.25, 0.3) is 10.9 Å². The molecule has 4 heterocycles. The van der Waals surface area contributed by atoms with Crippen molar-refractivity contribution >= 4 is 34.2 Å². The third kappa shape index (κ3) is 3.61. The van der Waals surface area contributed by atoms with Crippen molar-refractivity contribution in [2.75, 3.05) is 25.9 Å². The van der Waals surface area contributed by atoms with E-state index in [4.69, 9.17) is 22.1 Å². The van der Waals surface area contributed by atoms with Gasteiger partial charge in [-0.1, -0.05) is 24.1 Å². The van der Waals surface area contributed by atoms with Crippen LogP contribution in [0.4, 0.5) is 14.6 Å². The van der Waals surface area contributed by atoms with Crippen molar-refractivity contribution in [3.8, 4) is 17.7 Å². The lowest BCUT2D eigenvalue weighted by molar-refractivity contribution is -0.125. The fourth-order valence-corrected chi connectivity index (χ4v) is 3.84. The predicted octanol–water partition coefficient (Wildman–Crippen LogP) is 2.71. The number of hydrogen-bond donors (Lipinski definition) is 1. The number of amides is 1. The van der Waals surface area contributed by atoms with Crippen molar-refractivity contribution in [3.05, 3.63) is 53.0 Å². The summed E-state index contributed by atoms with van der Waals surface area (Å²) in [5.41, 5.74) is 6.18. The van der Waals surface area contributed by atoms with Gasteiger partial charge < -0.3 is 15.4 Å². The minimum absolute atomic E-state index is 0.116. The number of carbonyl (C=O) groups is 1. The fourth-order valence-electron chi connectivity index (χ4n) is 3.61. The van der Waals surface area contributed by atoms with Crippen molar-refractivity contribution < 1.29 is 18.3 Å². The Morgan fingerprint density at radius 1 is 1.38 bits per heavy atom. The van der Waals surface area contributed by atoms with E-state index in [0.29, 0.717) is 30.4 Å². The van der Waals surface area contributed by atoms with E-state index < -0.39 is 17.2 Å². The van der Waals surface area contributed by atoms with Gasteiger partial charge in [0.1, 0.15) is 17.1 Å². The highest BCUT2D eigenvalue weighted by Crippen LogP contribution is 2.34. The summed E-state index contributed by atoms with van der Waals surface area (Å²) >= 11 is 6.39. The Hall–Kier alpha value is -3.71. The highest BCUT2D eigenvalue weighted by Gasteiger charge is 2.30. The molecule has 3 aromatic rings. The minimum Gasteiger partial charge on any atom is -0.479 e. The summed E-state index contributed by atoms with van der Waals surface area (Å²) < 4.78 is 35.0. The van der Waals surface area contributed by atoms with E-state index in [1.165, 1.54) is 19.4 Å². The first-order valence-electron chi connectivity index (χ1n) is 9.49. The maximum atomic E-state index is 14.4. The number of fused-ring (bicyclic) bond motifs is 1. The van der Waals surface area contributed by atoms with Crippen LogP contribution in [0.15, 0.2) is 25.0 Å². The Kier molecular flexibility index (Phi) is 5.67. The molecule has 0 spiro atoms. The molecule has 2 N–H and O–H groups in total. The van der Waals surface area contributed by atoms with Gasteiger partial charge in [-0.25, -0.2) is 14.4 Å². The molecule has 1 aliphatic heterocycles. The summed E-state index contributed by atoms with van der Waals surface area (Å²) in [6, 6.07) is -0.203. The SMILES string of the molecule is C=CC(=O)N1CC[C@H](n2nc(C#Cc3c(F)cnc(OC)c3F)c3c(N)ncc(Cl)c32)C1. The number of halogens is 3. The van der Waals surface area contributed by atoms with Gasteiger partial charge in [0.15, 0.2) is 5.82 Å². The van der Waals surface area contributed by atoms with Gasteiger partial charge in [-0.2, -0.15) is 9.49 Å². The molecule has 1 aliphatic rings. The summed E-state index contributed by atoms with van der Waals surface area (Å²) in [6.45, 7) is 4.41. The number of methoxy groups -OCH3 is 1. The number of likely N-dealkylation sites (tertiary alicyclic amines) is 1. The maximum Gasteiger partial charge on any atom is 0.251 e. The second-order valence-electron chi connectivity index (χ2n) is 6.99. The molecule has 11 heteroatoms. The number of nitrogen functional groups attached to an aromatic ring is 1. The van der Waals surface area contributed by atoms with E-state index in [2.05, 4.69) is 33.5 Å². The molecule has 3 aromatic heterocycles. The van der Waals surface area contributed by atoms with E-state index in [9.17, 15) is 13.6 Å². The van der Waals surface area contributed by atoms with Gasteiger partial charge in [-0.3, -0.25) is 9.48 Å². The second-order valence-corrected chi connectivity index (χ2v) is 7.40. The van der Waals surface area contributed by atoms with E-state index in [1.807, 2.05) is 0 Å². The number of ether oxygens (including phenoxy) is 1. The molecule has 1 atom stereocenters. The molecule has 1 fully saturated rings. The number of pyridine rings is 2. The zero-order valence-electron chi connectivity index (χ0n) is 16.9. The van der Waals surface area contributed by atoms with Crippen LogP contribution in [0.1, 0.15) is 23.7 Å². The van der Waals surface area contributed by atoms with Crippen molar-refractivity contribution in [3.63, 3.8) is 0 Å². The monoisotopic (exact) mass is 458 g/mol. The normalized spacial score (nSPS) is 15.5. The lowest BCUT2D eigenvalue weighted by Gasteiger charge is -2.15. The van der Waals surface area contributed by atoms with E-state index in [0.717, 1.165) is 6.20 Å². The van der Waals surface area contributed by atoms with E-state index in [1.54, 1.807) is 9.58 Å². The standard InChI is InChI=1S/C21H17ClF2N6O2/c1-3-16(31)29-7-6-11(10-29)30-19-13(22)8-26-20(25)17(19)15(28-30)5-4-12-14(23)9-27-21(32-2)18(12)24/h3,8-9,11H,1,6-7,10H2,2H3,(H2,25,26)/t11-/m0/s1. The second kappa shape index (κ2) is 8.43. The Bertz CT molecular complexity index is 1310. The average molecular weight is 459 g/mol. The van der Waals surface area contributed by atoms with E-state index in [-0.39, 0.29) is 34.4 Å². The van der Waals surface area contributed by atoms with Crippen LogP contribution in [-0.2, 0) is 4.79 Å². The smallest absolute Gasteiger partial charge is 0.251 e. The molecule has 0 unspecified atom stereocenters. The number of aromatic nitrogens is 4. The number of nitrogens with zero attached hydrogens (tertiary/aromatic N) is 5. The first kappa shape index (κ1) is 21.5. The van der Waals surface area contributed by atoms with Crippen LogP contribution < -0.4 is 10.5 Å². The highest BCUT2D eigenvalue weighted by molar-refractivity contribution is 6.35. The Balaban J connectivity index is 1.84. The van der Waals surface area contributed by atoms with Crippen molar-refractivity contribution in [1.82, 2.24) is 24.6 Å². The van der Waals surface area contributed by atoms with Gasteiger partial charge >= 0.3 is 0 Å². The minimum atomic E-state index is -1.03. The van der Waals surface area contributed by atoms with Crippen LogP contribution >= 0.6 is 11.6 Å². The molecule has 8 nitrogen and oxygen atoms in total. The van der Waals surface area contributed by atoms with Crippen molar-refractivity contribution in [2.24, 2.45) is 0 Å². The first-order valence-corrected chi connectivity index (χ1v) is 9.87. The molecule has 0 aromatic carbocycles. The van der Waals surface area contributed by atoms with Crippen LogP contribution in [0, 0.1) is 23.5 Å². The Morgan fingerprint density at radius 3 is 2.88 bits per heavy atom. The number of carbonyl (C=O) groups excluding carboxylic acids is 1. The quantitative estimate of drug-likeness (QED) is 0.478. The van der Waals surface area contributed by atoms with Gasteiger partial charge in [0.05, 0.1) is 41.5 Å². The first-order chi connectivity index (χ1) is 15.3. The third-order valence-electron chi connectivity index (χ3n) is 5.15. The third-order valence-corrected chi connectivity index (χ3v) is 5.42. The van der Waals surface area contributed by atoms with Gasteiger partial charge in [0.25, 0.3) is 5.88 Å². The molecule has 4 rings (SSSR count). The number of anilines is 1. The summed E-state index contributed by atoms with van der Waals surface area (Å²) in [5.74, 6) is 2.70. The zero-order valence-corrected chi connectivity index (χ0v) is 17.7. The van der Waals surface area contributed by atoms with Gasteiger partial charge in [-0.15, -0.1) is 0 Å². The topological polar surface area (TPSA) is 99.2 Å². The summed E-state index contributed by atoms with van der Waals surface area (Å²) in [7, 11) is 1.21. The molecule has 0 saturated carbocycles. The molecule has 0 bridgehead atoms. The summed E-state index contributed by atoms with van der Waals surface area (Å²) in [4.78, 5) is 21.2. The van der Waals surface area contributed by atoms with Crippen LogP contribution in [0.3, 0.4) is 0 Å².